The first-order valence-corrected chi connectivity index (χ1v) is 5.09. The smallest absolute Gasteiger partial charge is 0.112 e. The van der Waals surface area contributed by atoms with E-state index in [1.807, 2.05) is 0 Å². The number of nitrogens with one attached hydrogen (secondary N) is 3. The lowest BCUT2D eigenvalue weighted by molar-refractivity contribution is 0.356. The SMILES string of the molecule is CCCC(CC)NC1NCCN1. The van der Waals surface area contributed by atoms with Crippen LogP contribution in [-0.4, -0.2) is 25.4 Å². The van der Waals surface area contributed by atoms with Crippen molar-refractivity contribution in [3.63, 3.8) is 0 Å². The third kappa shape index (κ3) is 3.09. The van der Waals surface area contributed by atoms with E-state index >= 15 is 0 Å². The van der Waals surface area contributed by atoms with Gasteiger partial charge < -0.3 is 0 Å². The van der Waals surface area contributed by atoms with Gasteiger partial charge in [0.05, 0.1) is 0 Å². The Balaban J connectivity index is 2.16. The molecule has 0 aliphatic carbocycles. The molecule has 3 heteroatoms. The van der Waals surface area contributed by atoms with E-state index in [9.17, 15) is 0 Å². The summed E-state index contributed by atoms with van der Waals surface area (Å²) in [7, 11) is 0. The molecule has 1 aliphatic rings. The Kier molecular flexibility index (Phi) is 4.58. The first-order valence-electron chi connectivity index (χ1n) is 5.09. The van der Waals surface area contributed by atoms with Crippen LogP contribution in [0.1, 0.15) is 33.1 Å². The predicted octanol–water partition coefficient (Wildman–Crippen LogP) is 0.631. The average Bonchev–Trinajstić information content (AvgIpc) is 2.56. The Morgan fingerprint density at radius 3 is 2.50 bits per heavy atom. The molecule has 0 aromatic rings. The Hall–Kier alpha value is -0.120. The average molecular weight is 171 g/mol. The normalized spacial score (nSPS) is 21.5. The van der Waals surface area contributed by atoms with E-state index in [0.29, 0.717) is 12.3 Å². The molecule has 0 saturated carbocycles. The summed E-state index contributed by atoms with van der Waals surface area (Å²) in [6.07, 6.45) is 4.10. The molecule has 1 fully saturated rings. The molecule has 0 aromatic heterocycles. The standard InChI is InChI=1S/C9H21N3/c1-3-5-8(4-2)12-9-10-6-7-11-9/h8-12H,3-7H2,1-2H3. The van der Waals surface area contributed by atoms with Crippen molar-refractivity contribution in [2.24, 2.45) is 0 Å². The maximum atomic E-state index is 3.54. The second kappa shape index (κ2) is 5.51. The molecule has 12 heavy (non-hydrogen) atoms. The summed E-state index contributed by atoms with van der Waals surface area (Å²) in [6, 6.07) is 0.665. The van der Waals surface area contributed by atoms with E-state index in [0.717, 1.165) is 13.1 Å². The van der Waals surface area contributed by atoms with Gasteiger partial charge in [0.1, 0.15) is 6.29 Å². The second-order valence-corrected chi connectivity index (χ2v) is 3.40. The highest BCUT2D eigenvalue weighted by atomic mass is 15.3. The molecular weight excluding hydrogens is 150 g/mol. The van der Waals surface area contributed by atoms with Crippen molar-refractivity contribution < 1.29 is 0 Å². The number of rotatable bonds is 5. The van der Waals surface area contributed by atoms with Gasteiger partial charge in [0.2, 0.25) is 0 Å². The fourth-order valence-electron chi connectivity index (χ4n) is 1.61. The highest BCUT2D eigenvalue weighted by molar-refractivity contribution is 4.75. The summed E-state index contributed by atoms with van der Waals surface area (Å²) in [5.74, 6) is 0. The van der Waals surface area contributed by atoms with Crippen LogP contribution in [0.2, 0.25) is 0 Å². The highest BCUT2D eigenvalue weighted by Gasteiger charge is 2.15. The largest absolute Gasteiger partial charge is 0.288 e. The van der Waals surface area contributed by atoms with Crippen molar-refractivity contribution in [1.82, 2.24) is 16.0 Å². The summed E-state index contributed by atoms with van der Waals surface area (Å²) in [6.45, 7) is 6.64. The second-order valence-electron chi connectivity index (χ2n) is 3.40. The van der Waals surface area contributed by atoms with E-state index in [-0.39, 0.29) is 0 Å². The van der Waals surface area contributed by atoms with Crippen molar-refractivity contribution in [2.45, 2.75) is 45.4 Å². The summed E-state index contributed by atoms with van der Waals surface area (Å²) in [5.41, 5.74) is 0. The summed E-state index contributed by atoms with van der Waals surface area (Å²) in [5, 5.41) is 10.3. The molecule has 1 aliphatic heterocycles. The molecule has 0 radical (unpaired) electrons. The maximum absolute atomic E-state index is 3.54. The Labute approximate surface area is 75.3 Å². The molecule has 1 atom stereocenters. The van der Waals surface area contributed by atoms with Crippen LogP contribution < -0.4 is 16.0 Å². The Morgan fingerprint density at radius 1 is 1.33 bits per heavy atom. The van der Waals surface area contributed by atoms with Crippen LogP contribution in [0.5, 0.6) is 0 Å². The van der Waals surface area contributed by atoms with Crippen LogP contribution in [0.4, 0.5) is 0 Å². The van der Waals surface area contributed by atoms with Gasteiger partial charge in [-0.05, 0) is 12.8 Å². The third-order valence-corrected chi connectivity index (χ3v) is 2.35. The Bertz CT molecular complexity index is 110. The van der Waals surface area contributed by atoms with Gasteiger partial charge in [-0.2, -0.15) is 0 Å². The molecule has 3 N–H and O–H groups in total. The van der Waals surface area contributed by atoms with Crippen LogP contribution in [-0.2, 0) is 0 Å². The van der Waals surface area contributed by atoms with E-state index in [2.05, 4.69) is 29.8 Å². The molecule has 1 heterocycles. The minimum absolute atomic E-state index is 0.349. The van der Waals surface area contributed by atoms with Gasteiger partial charge in [0.25, 0.3) is 0 Å². The number of hydrogen-bond acceptors (Lipinski definition) is 3. The lowest BCUT2D eigenvalue weighted by atomic mass is 10.1. The Morgan fingerprint density at radius 2 is 2.00 bits per heavy atom. The van der Waals surface area contributed by atoms with Crippen LogP contribution in [0.25, 0.3) is 0 Å². The minimum atomic E-state index is 0.349. The van der Waals surface area contributed by atoms with Crippen molar-refractivity contribution in [2.75, 3.05) is 13.1 Å². The van der Waals surface area contributed by atoms with E-state index in [4.69, 9.17) is 0 Å². The zero-order valence-electron chi connectivity index (χ0n) is 8.19. The third-order valence-electron chi connectivity index (χ3n) is 2.35. The van der Waals surface area contributed by atoms with Gasteiger partial charge in [-0.25, -0.2) is 0 Å². The van der Waals surface area contributed by atoms with Crippen LogP contribution in [0, 0.1) is 0 Å². The van der Waals surface area contributed by atoms with E-state index in [1.165, 1.54) is 19.3 Å². The minimum Gasteiger partial charge on any atom is -0.288 e. The summed E-state index contributed by atoms with van der Waals surface area (Å²) >= 11 is 0. The van der Waals surface area contributed by atoms with E-state index in [1.54, 1.807) is 0 Å². The molecular formula is C9H21N3. The van der Waals surface area contributed by atoms with Crippen molar-refractivity contribution in [3.8, 4) is 0 Å². The lowest BCUT2D eigenvalue weighted by Crippen LogP contribution is -2.49. The molecule has 0 amide bonds. The molecule has 1 saturated heterocycles. The van der Waals surface area contributed by atoms with Gasteiger partial charge in [0.15, 0.2) is 0 Å². The zero-order chi connectivity index (χ0) is 8.81. The topological polar surface area (TPSA) is 36.1 Å². The van der Waals surface area contributed by atoms with Crippen molar-refractivity contribution in [3.05, 3.63) is 0 Å². The molecule has 3 nitrogen and oxygen atoms in total. The molecule has 0 spiro atoms. The quantitative estimate of drug-likeness (QED) is 0.568. The molecule has 0 bridgehead atoms. The van der Waals surface area contributed by atoms with Crippen LogP contribution >= 0.6 is 0 Å². The lowest BCUT2D eigenvalue weighted by Gasteiger charge is -2.21. The van der Waals surface area contributed by atoms with Gasteiger partial charge >= 0.3 is 0 Å². The molecule has 1 unspecified atom stereocenters. The monoisotopic (exact) mass is 171 g/mol. The maximum Gasteiger partial charge on any atom is 0.112 e. The van der Waals surface area contributed by atoms with Gasteiger partial charge in [-0.1, -0.05) is 20.3 Å². The van der Waals surface area contributed by atoms with Crippen LogP contribution in [0.15, 0.2) is 0 Å². The molecule has 72 valence electrons. The zero-order valence-corrected chi connectivity index (χ0v) is 8.19. The predicted molar refractivity (Wildman–Crippen MR) is 51.9 cm³/mol. The summed E-state index contributed by atoms with van der Waals surface area (Å²) < 4.78 is 0. The van der Waals surface area contributed by atoms with Crippen molar-refractivity contribution >= 4 is 0 Å². The summed E-state index contributed by atoms with van der Waals surface area (Å²) in [4.78, 5) is 0. The van der Waals surface area contributed by atoms with Gasteiger partial charge in [-0.15, -0.1) is 0 Å². The van der Waals surface area contributed by atoms with Gasteiger partial charge in [-0.3, -0.25) is 16.0 Å². The molecule has 1 rings (SSSR count). The first kappa shape index (κ1) is 9.96. The molecule has 0 aromatic carbocycles. The fourth-order valence-corrected chi connectivity index (χ4v) is 1.61. The van der Waals surface area contributed by atoms with Crippen molar-refractivity contribution in [1.29, 1.82) is 0 Å². The number of hydrogen-bond donors (Lipinski definition) is 3. The van der Waals surface area contributed by atoms with E-state index < -0.39 is 0 Å². The van der Waals surface area contributed by atoms with Gasteiger partial charge in [0, 0.05) is 19.1 Å². The first-order chi connectivity index (χ1) is 5.86. The fraction of sp³-hybridized carbons (Fsp3) is 1.00. The van der Waals surface area contributed by atoms with Crippen LogP contribution in [0.3, 0.4) is 0 Å². The highest BCUT2D eigenvalue weighted by Crippen LogP contribution is 2.01.